The van der Waals surface area contributed by atoms with Crippen LogP contribution in [0, 0.1) is 5.41 Å². The first kappa shape index (κ1) is 17.9. The molecule has 0 bridgehead atoms. The van der Waals surface area contributed by atoms with Crippen LogP contribution in [0.25, 0.3) is 0 Å². The van der Waals surface area contributed by atoms with Gasteiger partial charge in [0.1, 0.15) is 5.84 Å². The number of hydrogen-bond acceptors (Lipinski definition) is 4. The molecule has 3 rings (SSSR count). The molecule has 0 aliphatic heterocycles. The van der Waals surface area contributed by atoms with E-state index in [2.05, 4.69) is 20.9 Å². The molecule has 7 nitrogen and oxygen atoms in total. The second-order valence-corrected chi connectivity index (χ2v) is 5.83. The molecular weight excluding hydrogens is 340 g/mol. The van der Waals surface area contributed by atoms with Crippen molar-refractivity contribution in [3.05, 3.63) is 84.2 Å². The third kappa shape index (κ3) is 5.05. The number of anilines is 3. The first-order chi connectivity index (χ1) is 13.1. The second-order valence-electron chi connectivity index (χ2n) is 5.83. The zero-order chi connectivity index (χ0) is 19.1. The summed E-state index contributed by atoms with van der Waals surface area (Å²) in [5, 5.41) is 16.4. The van der Waals surface area contributed by atoms with E-state index in [0.29, 0.717) is 17.8 Å². The largest absolute Gasteiger partial charge is 0.384 e. The SMILES string of the molecule is N=C(N)c1ccccc1Nc1ccc(NC(=O)NCc2cccnc2)cc1. The molecular formula is C20H20N6O. The predicted octanol–water partition coefficient (Wildman–Crippen LogP) is 3.43. The van der Waals surface area contributed by atoms with Gasteiger partial charge in [-0.3, -0.25) is 10.4 Å². The molecule has 136 valence electrons. The van der Waals surface area contributed by atoms with Crippen molar-refractivity contribution in [2.24, 2.45) is 5.73 Å². The number of nitrogens with two attached hydrogens (primary N) is 1. The number of nitrogens with one attached hydrogen (secondary N) is 4. The molecule has 0 atom stereocenters. The molecule has 0 saturated carbocycles. The van der Waals surface area contributed by atoms with Gasteiger partial charge in [-0.2, -0.15) is 0 Å². The number of amidine groups is 1. The van der Waals surface area contributed by atoms with Crippen LogP contribution in [-0.2, 0) is 6.54 Å². The molecule has 0 spiro atoms. The molecule has 3 aromatic rings. The van der Waals surface area contributed by atoms with Gasteiger partial charge < -0.3 is 21.7 Å². The fraction of sp³-hybridized carbons (Fsp3) is 0.0500. The van der Waals surface area contributed by atoms with E-state index in [0.717, 1.165) is 16.9 Å². The summed E-state index contributed by atoms with van der Waals surface area (Å²) in [6, 6.07) is 18.0. The zero-order valence-corrected chi connectivity index (χ0v) is 14.6. The van der Waals surface area contributed by atoms with Crippen LogP contribution in [0.4, 0.5) is 21.9 Å². The normalized spacial score (nSPS) is 10.1. The minimum Gasteiger partial charge on any atom is -0.384 e. The summed E-state index contributed by atoms with van der Waals surface area (Å²) in [5.41, 5.74) is 9.41. The molecule has 0 aliphatic carbocycles. The molecule has 2 aromatic carbocycles. The first-order valence-corrected chi connectivity index (χ1v) is 8.36. The molecule has 2 amide bonds. The first-order valence-electron chi connectivity index (χ1n) is 8.36. The van der Waals surface area contributed by atoms with Gasteiger partial charge in [0.15, 0.2) is 0 Å². The minimum absolute atomic E-state index is 0.00155. The Morgan fingerprint density at radius 3 is 2.44 bits per heavy atom. The van der Waals surface area contributed by atoms with E-state index in [1.807, 2.05) is 42.5 Å². The quantitative estimate of drug-likeness (QED) is 0.342. The number of amides is 2. The van der Waals surface area contributed by atoms with Crippen molar-refractivity contribution in [3.8, 4) is 0 Å². The maximum absolute atomic E-state index is 12.0. The topological polar surface area (TPSA) is 116 Å². The summed E-state index contributed by atoms with van der Waals surface area (Å²) in [6.45, 7) is 0.404. The van der Waals surface area contributed by atoms with E-state index in [-0.39, 0.29) is 11.9 Å². The maximum Gasteiger partial charge on any atom is 0.319 e. The lowest BCUT2D eigenvalue weighted by Gasteiger charge is -2.12. The van der Waals surface area contributed by atoms with Crippen molar-refractivity contribution in [1.82, 2.24) is 10.3 Å². The Balaban J connectivity index is 1.57. The van der Waals surface area contributed by atoms with E-state index in [4.69, 9.17) is 11.1 Å². The van der Waals surface area contributed by atoms with E-state index in [1.54, 1.807) is 30.6 Å². The average molecular weight is 360 g/mol. The Hall–Kier alpha value is -3.87. The van der Waals surface area contributed by atoms with Gasteiger partial charge in [0.25, 0.3) is 0 Å². The number of carbonyl (C=O) groups is 1. The molecule has 1 heterocycles. The van der Waals surface area contributed by atoms with Crippen molar-refractivity contribution in [2.45, 2.75) is 6.54 Å². The highest BCUT2D eigenvalue weighted by Gasteiger charge is 2.05. The van der Waals surface area contributed by atoms with Crippen LogP contribution in [0.15, 0.2) is 73.1 Å². The number of benzene rings is 2. The summed E-state index contributed by atoms with van der Waals surface area (Å²) in [6.07, 6.45) is 3.40. The number of para-hydroxylation sites is 1. The van der Waals surface area contributed by atoms with Gasteiger partial charge in [-0.25, -0.2) is 4.79 Å². The minimum atomic E-state index is -0.290. The summed E-state index contributed by atoms with van der Waals surface area (Å²) in [4.78, 5) is 16.0. The van der Waals surface area contributed by atoms with Crippen molar-refractivity contribution in [2.75, 3.05) is 10.6 Å². The van der Waals surface area contributed by atoms with E-state index < -0.39 is 0 Å². The van der Waals surface area contributed by atoms with Crippen LogP contribution in [-0.4, -0.2) is 16.9 Å². The summed E-state index contributed by atoms with van der Waals surface area (Å²) in [7, 11) is 0. The van der Waals surface area contributed by atoms with Gasteiger partial charge in [0, 0.05) is 41.6 Å². The van der Waals surface area contributed by atoms with Crippen molar-refractivity contribution < 1.29 is 4.79 Å². The molecule has 0 radical (unpaired) electrons. The molecule has 27 heavy (non-hydrogen) atoms. The molecule has 0 unspecified atom stereocenters. The number of nitrogen functional groups attached to an aromatic ring is 1. The van der Waals surface area contributed by atoms with Crippen LogP contribution < -0.4 is 21.7 Å². The summed E-state index contributed by atoms with van der Waals surface area (Å²) in [5.74, 6) is 0.00155. The Morgan fingerprint density at radius 1 is 1.00 bits per heavy atom. The van der Waals surface area contributed by atoms with Gasteiger partial charge in [-0.15, -0.1) is 0 Å². The molecule has 7 heteroatoms. The third-order valence-electron chi connectivity index (χ3n) is 3.81. The lowest BCUT2D eigenvalue weighted by Crippen LogP contribution is -2.28. The molecule has 1 aromatic heterocycles. The van der Waals surface area contributed by atoms with E-state index in [1.165, 1.54) is 0 Å². The van der Waals surface area contributed by atoms with Gasteiger partial charge in [-0.05, 0) is 48.0 Å². The number of aromatic nitrogens is 1. The average Bonchev–Trinajstić information content (AvgIpc) is 2.69. The Kier molecular flexibility index (Phi) is 5.64. The fourth-order valence-electron chi connectivity index (χ4n) is 2.48. The highest BCUT2D eigenvalue weighted by molar-refractivity contribution is 6.01. The van der Waals surface area contributed by atoms with Gasteiger partial charge in [0.2, 0.25) is 0 Å². The summed E-state index contributed by atoms with van der Waals surface area (Å²) >= 11 is 0. The van der Waals surface area contributed by atoms with Crippen LogP contribution in [0.3, 0.4) is 0 Å². The Bertz CT molecular complexity index is 925. The number of carbonyl (C=O) groups excluding carboxylic acids is 1. The maximum atomic E-state index is 12.0. The Morgan fingerprint density at radius 2 is 1.74 bits per heavy atom. The van der Waals surface area contributed by atoms with Crippen LogP contribution in [0.2, 0.25) is 0 Å². The number of urea groups is 1. The van der Waals surface area contributed by atoms with Crippen molar-refractivity contribution in [1.29, 1.82) is 5.41 Å². The van der Waals surface area contributed by atoms with Crippen LogP contribution in [0.5, 0.6) is 0 Å². The smallest absolute Gasteiger partial charge is 0.319 e. The highest BCUT2D eigenvalue weighted by Crippen LogP contribution is 2.22. The molecule has 6 N–H and O–H groups in total. The lowest BCUT2D eigenvalue weighted by molar-refractivity contribution is 0.251. The van der Waals surface area contributed by atoms with E-state index >= 15 is 0 Å². The van der Waals surface area contributed by atoms with Gasteiger partial charge in [-0.1, -0.05) is 18.2 Å². The summed E-state index contributed by atoms with van der Waals surface area (Å²) < 4.78 is 0. The Labute approximate surface area is 157 Å². The standard InChI is InChI=1S/C20H20N6O/c21-19(22)17-5-1-2-6-18(17)25-15-7-9-16(10-8-15)26-20(27)24-13-14-4-3-11-23-12-14/h1-12,25H,13H2,(H3,21,22)(H2,24,26,27). The van der Waals surface area contributed by atoms with E-state index in [9.17, 15) is 4.79 Å². The number of nitrogens with zero attached hydrogens (tertiary/aromatic N) is 1. The number of rotatable bonds is 6. The third-order valence-corrected chi connectivity index (χ3v) is 3.81. The molecule has 0 saturated heterocycles. The van der Waals surface area contributed by atoms with Crippen LogP contribution in [0.1, 0.15) is 11.1 Å². The van der Waals surface area contributed by atoms with Gasteiger partial charge >= 0.3 is 6.03 Å². The second kappa shape index (κ2) is 8.48. The molecule has 0 aliphatic rings. The van der Waals surface area contributed by atoms with Crippen LogP contribution >= 0.6 is 0 Å². The van der Waals surface area contributed by atoms with Crippen molar-refractivity contribution >= 4 is 28.9 Å². The fourth-order valence-corrected chi connectivity index (χ4v) is 2.48. The lowest BCUT2D eigenvalue weighted by atomic mass is 10.1. The van der Waals surface area contributed by atoms with Gasteiger partial charge in [0.05, 0.1) is 0 Å². The predicted molar refractivity (Wildman–Crippen MR) is 107 cm³/mol. The molecule has 0 fully saturated rings. The monoisotopic (exact) mass is 360 g/mol. The zero-order valence-electron chi connectivity index (χ0n) is 14.6. The number of pyridine rings is 1. The van der Waals surface area contributed by atoms with Crippen molar-refractivity contribution in [3.63, 3.8) is 0 Å². The highest BCUT2D eigenvalue weighted by atomic mass is 16.2. The number of hydrogen-bond donors (Lipinski definition) is 5.